The van der Waals surface area contributed by atoms with Crippen LogP contribution in [0.3, 0.4) is 0 Å². The second-order valence-corrected chi connectivity index (χ2v) is 17.3. The zero-order valence-electron chi connectivity index (χ0n) is 24.7. The molecule has 0 aromatic heterocycles. The first-order valence-corrected chi connectivity index (χ1v) is 16.5. The van der Waals surface area contributed by atoms with Crippen LogP contribution in [0.15, 0.2) is 60.7 Å². The third-order valence-corrected chi connectivity index (χ3v) is 11.4. The van der Waals surface area contributed by atoms with Gasteiger partial charge in [0.25, 0.3) is 0 Å². The minimum absolute atomic E-state index is 0.111. The maximum absolute atomic E-state index is 13.0. The summed E-state index contributed by atoms with van der Waals surface area (Å²) in [5, 5.41) is 13.1. The molecule has 212 valence electrons. The van der Waals surface area contributed by atoms with Crippen LogP contribution in [0.1, 0.15) is 65.5 Å². The molecule has 0 aliphatic heterocycles. The highest BCUT2D eigenvalue weighted by Crippen LogP contribution is 2.39. The molecule has 2 rings (SSSR count). The first-order chi connectivity index (χ1) is 18.1. The van der Waals surface area contributed by atoms with Crippen LogP contribution in [0.2, 0.25) is 18.1 Å². The zero-order chi connectivity index (χ0) is 29.3. The lowest BCUT2D eigenvalue weighted by Crippen LogP contribution is -2.54. The molecule has 3 unspecified atom stereocenters. The second kappa shape index (κ2) is 13.8. The average molecular weight is 552 g/mol. The van der Waals surface area contributed by atoms with Gasteiger partial charge in [0.1, 0.15) is 5.60 Å². The number of carboxylic acids is 1. The summed E-state index contributed by atoms with van der Waals surface area (Å²) in [4.78, 5) is 25.4. The molecule has 7 heteroatoms. The van der Waals surface area contributed by atoms with E-state index in [1.807, 2.05) is 81.4 Å². The molecule has 0 aliphatic rings. The minimum atomic E-state index is -2.35. The molecule has 0 bridgehead atoms. The van der Waals surface area contributed by atoms with Gasteiger partial charge in [0.05, 0.1) is 18.1 Å². The number of amides is 1. The summed E-state index contributed by atoms with van der Waals surface area (Å²) in [6.45, 7) is 16.1. The van der Waals surface area contributed by atoms with E-state index in [0.29, 0.717) is 6.42 Å². The number of benzene rings is 2. The van der Waals surface area contributed by atoms with Gasteiger partial charge in [-0.2, -0.15) is 0 Å². The third kappa shape index (κ3) is 11.3. The molecule has 6 nitrogen and oxygen atoms in total. The van der Waals surface area contributed by atoms with E-state index in [0.717, 1.165) is 11.1 Å². The standard InChI is InChI=1S/C32H45NO5Si/c1-31(2,3)37-30(36)33-27(22-25-18-13-10-14-19-25)28(38-39(7,8)32(4,5)6)23-26(29(34)35)21-15-20-24-16-11-9-12-17-24/h9-14,16-19,26-28H,21-23H2,1-8H3,(H,33,36)(H,34,35). The average Bonchev–Trinajstić information content (AvgIpc) is 2.81. The van der Waals surface area contributed by atoms with Crippen LogP contribution in [0.4, 0.5) is 4.79 Å². The lowest BCUT2D eigenvalue weighted by Gasteiger charge is -2.42. The number of aliphatic carboxylic acids is 1. The van der Waals surface area contributed by atoms with Crippen LogP contribution in [-0.4, -0.2) is 43.2 Å². The maximum atomic E-state index is 13.0. The highest BCUT2D eigenvalue weighted by Gasteiger charge is 2.42. The Kier molecular flexibility index (Phi) is 11.4. The zero-order valence-corrected chi connectivity index (χ0v) is 25.7. The van der Waals surface area contributed by atoms with Crippen LogP contribution in [-0.2, 0) is 20.4 Å². The number of carboxylic acid groups (broad SMARTS) is 1. The van der Waals surface area contributed by atoms with Gasteiger partial charge in [0, 0.05) is 12.0 Å². The normalized spacial score (nSPS) is 14.4. The van der Waals surface area contributed by atoms with Gasteiger partial charge >= 0.3 is 12.1 Å². The van der Waals surface area contributed by atoms with Crippen molar-refractivity contribution in [3.63, 3.8) is 0 Å². The Morgan fingerprint density at radius 1 is 0.949 bits per heavy atom. The van der Waals surface area contributed by atoms with Crippen molar-refractivity contribution in [1.29, 1.82) is 0 Å². The number of alkyl carbamates (subject to hydrolysis) is 1. The van der Waals surface area contributed by atoms with Crippen LogP contribution in [0.5, 0.6) is 0 Å². The van der Waals surface area contributed by atoms with E-state index in [1.165, 1.54) is 0 Å². The van der Waals surface area contributed by atoms with Crippen molar-refractivity contribution < 1.29 is 23.9 Å². The highest BCUT2D eigenvalue weighted by atomic mass is 28.4. The van der Waals surface area contributed by atoms with E-state index in [4.69, 9.17) is 9.16 Å². The van der Waals surface area contributed by atoms with Gasteiger partial charge in [-0.3, -0.25) is 4.79 Å². The van der Waals surface area contributed by atoms with E-state index in [-0.39, 0.29) is 17.9 Å². The van der Waals surface area contributed by atoms with Crippen molar-refractivity contribution in [2.24, 2.45) is 5.92 Å². The summed E-state index contributed by atoms with van der Waals surface area (Å²) in [6.07, 6.45) is -0.257. The Hall–Kier alpha value is -3.08. The predicted molar refractivity (Wildman–Crippen MR) is 159 cm³/mol. The fourth-order valence-electron chi connectivity index (χ4n) is 3.80. The molecule has 0 saturated heterocycles. The molecule has 0 aliphatic carbocycles. The van der Waals surface area contributed by atoms with Crippen LogP contribution >= 0.6 is 0 Å². The Balaban J connectivity index is 2.43. The van der Waals surface area contributed by atoms with E-state index >= 15 is 0 Å². The molecule has 39 heavy (non-hydrogen) atoms. The van der Waals surface area contributed by atoms with Gasteiger partial charge in [-0.25, -0.2) is 4.79 Å². The Morgan fingerprint density at radius 3 is 2.03 bits per heavy atom. The molecule has 2 aromatic rings. The van der Waals surface area contributed by atoms with Gasteiger partial charge in [0.15, 0.2) is 8.32 Å². The first kappa shape index (κ1) is 32.1. The molecule has 0 spiro atoms. The van der Waals surface area contributed by atoms with Crippen molar-refractivity contribution in [3.8, 4) is 11.8 Å². The second-order valence-electron chi connectivity index (χ2n) is 12.5. The number of carbonyl (C=O) groups is 2. The van der Waals surface area contributed by atoms with Crippen LogP contribution in [0.25, 0.3) is 0 Å². The van der Waals surface area contributed by atoms with E-state index in [2.05, 4.69) is 51.0 Å². The molecule has 1 amide bonds. The summed E-state index contributed by atoms with van der Waals surface area (Å²) in [7, 11) is -2.35. The summed E-state index contributed by atoms with van der Waals surface area (Å²) in [5.74, 6) is 4.42. The molecule has 0 saturated carbocycles. The monoisotopic (exact) mass is 551 g/mol. The van der Waals surface area contributed by atoms with Gasteiger partial charge in [0.2, 0.25) is 0 Å². The highest BCUT2D eigenvalue weighted by molar-refractivity contribution is 6.74. The Labute approximate surface area is 235 Å². The van der Waals surface area contributed by atoms with Crippen molar-refractivity contribution in [3.05, 3.63) is 71.8 Å². The number of rotatable bonds is 10. The Bertz CT molecular complexity index is 1120. The molecule has 2 N–H and O–H groups in total. The summed E-state index contributed by atoms with van der Waals surface area (Å²) in [5.41, 5.74) is 1.18. The molecule has 2 aromatic carbocycles. The Morgan fingerprint density at radius 2 is 1.51 bits per heavy atom. The van der Waals surface area contributed by atoms with Crippen molar-refractivity contribution >= 4 is 20.4 Å². The van der Waals surface area contributed by atoms with Crippen LogP contribution < -0.4 is 5.32 Å². The van der Waals surface area contributed by atoms with Gasteiger partial charge in [-0.05, 0) is 69.4 Å². The third-order valence-electron chi connectivity index (χ3n) is 6.92. The number of ether oxygens (including phenoxy) is 1. The van der Waals surface area contributed by atoms with Gasteiger partial charge in [-0.1, -0.05) is 81.1 Å². The minimum Gasteiger partial charge on any atom is -0.481 e. The summed E-state index contributed by atoms with van der Waals surface area (Å²) >= 11 is 0. The fourth-order valence-corrected chi connectivity index (χ4v) is 5.17. The lowest BCUT2D eigenvalue weighted by atomic mass is 9.91. The molecule has 3 atom stereocenters. The van der Waals surface area contributed by atoms with Crippen molar-refractivity contribution in [2.45, 2.75) is 96.7 Å². The van der Waals surface area contributed by atoms with E-state index < -0.39 is 44.0 Å². The SMILES string of the molecule is CC(C)(C)OC(=O)NC(Cc1ccccc1)C(CC(CC#Cc1ccccc1)C(=O)O)O[Si](C)(C)C(C)(C)C. The molecule has 0 heterocycles. The largest absolute Gasteiger partial charge is 0.481 e. The first-order valence-electron chi connectivity index (χ1n) is 13.6. The van der Waals surface area contributed by atoms with Crippen molar-refractivity contribution in [1.82, 2.24) is 5.32 Å². The van der Waals surface area contributed by atoms with E-state index in [9.17, 15) is 14.7 Å². The predicted octanol–water partition coefficient (Wildman–Crippen LogP) is 7.05. The van der Waals surface area contributed by atoms with Crippen LogP contribution in [0, 0.1) is 17.8 Å². The fraction of sp³-hybridized carbons (Fsp3) is 0.500. The number of hydrogen-bond acceptors (Lipinski definition) is 4. The van der Waals surface area contributed by atoms with Crippen molar-refractivity contribution in [2.75, 3.05) is 0 Å². The van der Waals surface area contributed by atoms with Gasteiger partial charge in [-0.15, -0.1) is 0 Å². The maximum Gasteiger partial charge on any atom is 0.407 e. The quantitative estimate of drug-likeness (QED) is 0.244. The summed E-state index contributed by atoms with van der Waals surface area (Å²) in [6, 6.07) is 18.8. The number of hydrogen-bond donors (Lipinski definition) is 2. The number of carbonyl (C=O) groups excluding carboxylic acids is 1. The summed E-state index contributed by atoms with van der Waals surface area (Å²) < 4.78 is 12.5. The molecule has 0 fully saturated rings. The lowest BCUT2D eigenvalue weighted by molar-refractivity contribution is -0.142. The number of nitrogens with one attached hydrogen (secondary N) is 1. The molecular formula is C32H45NO5Si. The smallest absolute Gasteiger partial charge is 0.407 e. The molecular weight excluding hydrogens is 506 g/mol. The van der Waals surface area contributed by atoms with E-state index in [1.54, 1.807) is 0 Å². The topological polar surface area (TPSA) is 84.9 Å². The van der Waals surface area contributed by atoms with Gasteiger partial charge < -0.3 is 19.6 Å². The molecule has 0 radical (unpaired) electrons.